The molecular formula is C22H36FIN4O2. The average molecular weight is 534 g/mol. The molecule has 0 unspecified atom stereocenters. The second-order valence-electron chi connectivity index (χ2n) is 7.49. The van der Waals surface area contributed by atoms with Crippen LogP contribution in [0.1, 0.15) is 39.2 Å². The summed E-state index contributed by atoms with van der Waals surface area (Å²) >= 11 is 0. The zero-order valence-electron chi connectivity index (χ0n) is 18.6. The Labute approximate surface area is 197 Å². The highest BCUT2D eigenvalue weighted by atomic mass is 127. The molecule has 1 aromatic carbocycles. The fourth-order valence-corrected chi connectivity index (χ4v) is 3.75. The third-order valence-electron chi connectivity index (χ3n) is 5.62. The van der Waals surface area contributed by atoms with E-state index in [0.29, 0.717) is 38.8 Å². The smallest absolute Gasteiger partial charge is 0.242 e. The SMILES string of the molecule is CCNC(=NCC1(c2ccc(F)cc2)CCOCC1)N(C)CC(=O)N(CC)CC.I. The van der Waals surface area contributed by atoms with Gasteiger partial charge in [-0.2, -0.15) is 0 Å². The average Bonchev–Trinajstić information content (AvgIpc) is 2.73. The second-order valence-corrected chi connectivity index (χ2v) is 7.49. The van der Waals surface area contributed by atoms with Crippen LogP contribution in [0.3, 0.4) is 0 Å². The Balaban J connectivity index is 0.00000450. The van der Waals surface area contributed by atoms with Crippen molar-refractivity contribution in [3.8, 4) is 0 Å². The van der Waals surface area contributed by atoms with Crippen molar-refractivity contribution in [3.05, 3.63) is 35.6 Å². The molecule has 2 rings (SSSR count). The molecule has 1 aliphatic heterocycles. The van der Waals surface area contributed by atoms with Gasteiger partial charge in [-0.25, -0.2) is 4.39 Å². The quantitative estimate of drug-likeness (QED) is 0.316. The number of amides is 1. The van der Waals surface area contributed by atoms with E-state index in [9.17, 15) is 9.18 Å². The molecule has 0 saturated carbocycles. The van der Waals surface area contributed by atoms with Crippen molar-refractivity contribution >= 4 is 35.8 Å². The standard InChI is InChI=1S/C22H35FN4O2.HI/c1-5-24-21(26(4)16-20(28)27(6-2)7-3)25-17-22(12-14-29-15-13-22)18-8-10-19(23)11-9-18;/h8-11H,5-7,12-17H2,1-4H3,(H,24,25);1H. The van der Waals surface area contributed by atoms with Crippen LogP contribution in [-0.4, -0.2) is 74.7 Å². The molecule has 30 heavy (non-hydrogen) atoms. The number of nitrogens with zero attached hydrogens (tertiary/aromatic N) is 3. The highest BCUT2D eigenvalue weighted by Crippen LogP contribution is 2.35. The number of likely N-dealkylation sites (N-methyl/N-ethyl adjacent to an activating group) is 2. The summed E-state index contributed by atoms with van der Waals surface area (Å²) in [4.78, 5) is 21.1. The normalized spacial score (nSPS) is 15.8. The van der Waals surface area contributed by atoms with E-state index in [1.807, 2.05) is 49.8 Å². The first kappa shape index (κ1) is 26.6. The summed E-state index contributed by atoms with van der Waals surface area (Å²) in [5.74, 6) is 0.561. The molecule has 0 aliphatic carbocycles. The Morgan fingerprint density at radius 3 is 2.30 bits per heavy atom. The van der Waals surface area contributed by atoms with Crippen LogP contribution in [0.25, 0.3) is 0 Å². The van der Waals surface area contributed by atoms with Crippen LogP contribution in [0.2, 0.25) is 0 Å². The summed E-state index contributed by atoms with van der Waals surface area (Å²) in [6.07, 6.45) is 1.67. The number of nitrogens with one attached hydrogen (secondary N) is 1. The molecule has 170 valence electrons. The molecule has 0 bridgehead atoms. The van der Waals surface area contributed by atoms with Crippen LogP contribution < -0.4 is 5.32 Å². The Morgan fingerprint density at radius 2 is 1.77 bits per heavy atom. The summed E-state index contributed by atoms with van der Waals surface area (Å²) in [6, 6.07) is 6.74. The first-order chi connectivity index (χ1) is 14.0. The van der Waals surface area contributed by atoms with E-state index in [1.165, 1.54) is 12.1 Å². The Bertz CT molecular complexity index is 674. The molecule has 0 spiro atoms. The number of benzene rings is 1. The van der Waals surface area contributed by atoms with E-state index in [1.54, 1.807) is 0 Å². The van der Waals surface area contributed by atoms with Crippen LogP contribution in [0, 0.1) is 5.82 Å². The lowest BCUT2D eigenvalue weighted by atomic mass is 9.74. The molecule has 0 aromatic heterocycles. The maximum atomic E-state index is 13.4. The van der Waals surface area contributed by atoms with Gasteiger partial charge in [0.25, 0.3) is 0 Å². The van der Waals surface area contributed by atoms with E-state index in [0.717, 1.165) is 24.9 Å². The van der Waals surface area contributed by atoms with Gasteiger partial charge >= 0.3 is 0 Å². The predicted octanol–water partition coefficient (Wildman–Crippen LogP) is 3.26. The van der Waals surface area contributed by atoms with E-state index < -0.39 is 0 Å². The lowest BCUT2D eigenvalue weighted by Gasteiger charge is -2.37. The number of carbonyl (C=O) groups excluding carboxylic acids is 1. The van der Waals surface area contributed by atoms with Crippen LogP contribution in [-0.2, 0) is 14.9 Å². The number of carbonyl (C=O) groups is 1. The van der Waals surface area contributed by atoms with E-state index in [2.05, 4.69) is 5.32 Å². The molecule has 1 saturated heterocycles. The Hall–Kier alpha value is -1.42. The molecule has 0 atom stereocenters. The van der Waals surface area contributed by atoms with Crippen molar-refractivity contribution in [1.82, 2.24) is 15.1 Å². The predicted molar refractivity (Wildman–Crippen MR) is 130 cm³/mol. The van der Waals surface area contributed by atoms with Gasteiger partial charge in [0.05, 0.1) is 13.1 Å². The molecule has 1 aromatic rings. The van der Waals surface area contributed by atoms with E-state index >= 15 is 0 Å². The molecule has 6 nitrogen and oxygen atoms in total. The molecule has 1 amide bonds. The number of guanidine groups is 1. The lowest BCUT2D eigenvalue weighted by Crippen LogP contribution is -2.46. The molecule has 1 fully saturated rings. The van der Waals surface area contributed by atoms with Gasteiger partial charge in [-0.3, -0.25) is 9.79 Å². The zero-order chi connectivity index (χ0) is 21.3. The summed E-state index contributed by atoms with van der Waals surface area (Å²) in [7, 11) is 1.89. The van der Waals surface area contributed by atoms with Crippen molar-refractivity contribution in [2.45, 2.75) is 39.0 Å². The fourth-order valence-electron chi connectivity index (χ4n) is 3.75. The number of ether oxygens (including phenoxy) is 1. The summed E-state index contributed by atoms with van der Waals surface area (Å²) in [6.45, 7) is 10.3. The number of hydrogen-bond acceptors (Lipinski definition) is 3. The monoisotopic (exact) mass is 534 g/mol. The summed E-state index contributed by atoms with van der Waals surface area (Å²) in [5.41, 5.74) is 0.903. The van der Waals surface area contributed by atoms with Crippen LogP contribution in [0.4, 0.5) is 4.39 Å². The first-order valence-corrected chi connectivity index (χ1v) is 10.6. The number of halogens is 2. The third-order valence-corrected chi connectivity index (χ3v) is 5.62. The maximum absolute atomic E-state index is 13.4. The minimum absolute atomic E-state index is 0. The number of rotatable bonds is 8. The lowest BCUT2D eigenvalue weighted by molar-refractivity contribution is -0.131. The third kappa shape index (κ3) is 7.08. The molecular weight excluding hydrogens is 498 g/mol. The maximum Gasteiger partial charge on any atom is 0.242 e. The molecule has 0 radical (unpaired) electrons. The Morgan fingerprint density at radius 1 is 1.17 bits per heavy atom. The molecule has 8 heteroatoms. The van der Waals surface area contributed by atoms with Gasteiger partial charge in [-0.15, -0.1) is 24.0 Å². The van der Waals surface area contributed by atoms with Crippen LogP contribution in [0.15, 0.2) is 29.3 Å². The largest absolute Gasteiger partial charge is 0.381 e. The van der Waals surface area contributed by atoms with Crippen molar-refractivity contribution in [2.24, 2.45) is 4.99 Å². The minimum atomic E-state index is -0.234. The van der Waals surface area contributed by atoms with Gasteiger partial charge in [0, 0.05) is 45.3 Å². The van der Waals surface area contributed by atoms with Crippen molar-refractivity contribution in [2.75, 3.05) is 53.0 Å². The van der Waals surface area contributed by atoms with Gasteiger partial charge < -0.3 is 19.9 Å². The van der Waals surface area contributed by atoms with Crippen molar-refractivity contribution in [1.29, 1.82) is 0 Å². The first-order valence-electron chi connectivity index (χ1n) is 10.6. The van der Waals surface area contributed by atoms with Gasteiger partial charge in [0.1, 0.15) is 5.82 Å². The highest BCUT2D eigenvalue weighted by molar-refractivity contribution is 14.0. The number of aliphatic imine (C=N–C) groups is 1. The fraction of sp³-hybridized carbons (Fsp3) is 0.636. The highest BCUT2D eigenvalue weighted by Gasteiger charge is 2.34. The van der Waals surface area contributed by atoms with Crippen LogP contribution in [0.5, 0.6) is 0 Å². The second kappa shape index (κ2) is 13.1. The van der Waals surface area contributed by atoms with Crippen molar-refractivity contribution in [3.63, 3.8) is 0 Å². The van der Waals surface area contributed by atoms with Crippen LogP contribution >= 0.6 is 24.0 Å². The molecule has 1 heterocycles. The Kier molecular flexibility index (Phi) is 11.6. The van der Waals surface area contributed by atoms with Gasteiger partial charge in [-0.05, 0) is 51.3 Å². The minimum Gasteiger partial charge on any atom is -0.381 e. The summed E-state index contributed by atoms with van der Waals surface area (Å²) < 4.78 is 19.0. The van der Waals surface area contributed by atoms with Gasteiger partial charge in [0.15, 0.2) is 5.96 Å². The van der Waals surface area contributed by atoms with Gasteiger partial charge in [0.2, 0.25) is 5.91 Å². The zero-order valence-corrected chi connectivity index (χ0v) is 20.9. The summed E-state index contributed by atoms with van der Waals surface area (Å²) in [5, 5.41) is 3.29. The molecule has 1 N–H and O–H groups in total. The topological polar surface area (TPSA) is 57.2 Å². The van der Waals surface area contributed by atoms with E-state index in [-0.39, 0.29) is 47.7 Å². The number of hydrogen-bond donors (Lipinski definition) is 1. The van der Waals surface area contributed by atoms with E-state index in [4.69, 9.17) is 9.73 Å². The van der Waals surface area contributed by atoms with Gasteiger partial charge in [-0.1, -0.05) is 12.1 Å². The molecule has 1 aliphatic rings. The van der Waals surface area contributed by atoms with Crippen molar-refractivity contribution < 1.29 is 13.9 Å².